The zero-order valence-corrected chi connectivity index (χ0v) is 15.2. The minimum Gasteiger partial charge on any atom is -0.361 e. The average molecular weight is 355 g/mol. The van der Waals surface area contributed by atoms with Crippen LogP contribution in [-0.2, 0) is 17.8 Å². The van der Waals surface area contributed by atoms with Gasteiger partial charge in [-0.05, 0) is 36.2 Å². The number of nitrogens with one attached hydrogen (secondary N) is 1. The molecule has 0 atom stereocenters. The molecule has 1 N–H and O–H groups in total. The number of hydrogen-bond donors (Lipinski definition) is 1. The molecule has 4 rings (SSSR count). The summed E-state index contributed by atoms with van der Waals surface area (Å²) < 4.78 is 2.00. The van der Waals surface area contributed by atoms with Gasteiger partial charge >= 0.3 is 0 Å². The van der Waals surface area contributed by atoms with Crippen LogP contribution in [0, 0.1) is 6.92 Å². The van der Waals surface area contributed by atoms with Crippen molar-refractivity contribution in [1.29, 1.82) is 0 Å². The summed E-state index contributed by atoms with van der Waals surface area (Å²) in [6.07, 6.45) is 4.13. The van der Waals surface area contributed by atoms with Gasteiger partial charge in [0.05, 0.1) is 6.42 Å². The van der Waals surface area contributed by atoms with Crippen molar-refractivity contribution in [2.45, 2.75) is 19.9 Å². The Morgan fingerprint density at radius 3 is 2.63 bits per heavy atom. The first kappa shape index (κ1) is 17.0. The number of aromatic amines is 1. The van der Waals surface area contributed by atoms with E-state index >= 15 is 0 Å². The highest BCUT2D eigenvalue weighted by atomic mass is 16.1. The van der Waals surface area contributed by atoms with E-state index < -0.39 is 0 Å². The minimum atomic E-state index is -0.149. The number of H-pyrrole nitrogens is 1. The van der Waals surface area contributed by atoms with Crippen LogP contribution < -0.4 is 5.49 Å². The molecule has 0 radical (unpaired) electrons. The smallest absolute Gasteiger partial charge is 0.252 e. The van der Waals surface area contributed by atoms with Crippen LogP contribution in [0.2, 0.25) is 0 Å². The number of para-hydroxylation sites is 1. The van der Waals surface area contributed by atoms with Crippen LogP contribution in [0.25, 0.3) is 10.9 Å². The van der Waals surface area contributed by atoms with E-state index in [1.807, 2.05) is 59.4 Å². The molecule has 0 aliphatic heterocycles. The third-order valence-corrected chi connectivity index (χ3v) is 4.65. The van der Waals surface area contributed by atoms with Gasteiger partial charge in [0.25, 0.3) is 5.91 Å². The molecule has 134 valence electrons. The van der Waals surface area contributed by atoms with E-state index in [-0.39, 0.29) is 12.3 Å². The van der Waals surface area contributed by atoms with Crippen molar-refractivity contribution in [2.24, 2.45) is 4.99 Å². The number of carbonyl (C=O) groups is 1. The first-order valence-corrected chi connectivity index (χ1v) is 9.02. The lowest BCUT2D eigenvalue weighted by molar-refractivity contribution is -0.117. The molecule has 0 bridgehead atoms. The van der Waals surface area contributed by atoms with Gasteiger partial charge in [-0.1, -0.05) is 54.1 Å². The molecular weight excluding hydrogens is 334 g/mol. The Labute approximate surface area is 157 Å². The van der Waals surface area contributed by atoms with Crippen LogP contribution >= 0.6 is 0 Å². The van der Waals surface area contributed by atoms with Crippen molar-refractivity contribution in [2.75, 3.05) is 0 Å². The summed E-state index contributed by atoms with van der Waals surface area (Å²) in [5.74, 6) is -0.149. The molecular formula is C23H21N3O. The number of rotatable bonds is 4. The zero-order valence-electron chi connectivity index (χ0n) is 15.2. The summed E-state index contributed by atoms with van der Waals surface area (Å²) in [7, 11) is 0. The Morgan fingerprint density at radius 1 is 1.00 bits per heavy atom. The third-order valence-electron chi connectivity index (χ3n) is 4.65. The summed E-state index contributed by atoms with van der Waals surface area (Å²) in [6.45, 7) is 2.75. The summed E-state index contributed by atoms with van der Waals surface area (Å²) in [4.78, 5) is 20.2. The van der Waals surface area contributed by atoms with Crippen LogP contribution in [0.4, 0.5) is 0 Å². The molecule has 0 fully saturated rings. The molecule has 4 nitrogen and oxygen atoms in total. The lowest BCUT2D eigenvalue weighted by atomic mass is 10.1. The number of fused-ring (bicyclic) bond motifs is 1. The molecule has 0 spiro atoms. The van der Waals surface area contributed by atoms with Crippen LogP contribution in [-0.4, -0.2) is 15.5 Å². The van der Waals surface area contributed by atoms with Gasteiger partial charge in [0, 0.05) is 29.8 Å². The summed E-state index contributed by atoms with van der Waals surface area (Å²) >= 11 is 0. The third kappa shape index (κ3) is 3.90. The van der Waals surface area contributed by atoms with Gasteiger partial charge in [-0.3, -0.25) is 4.79 Å². The number of hydrogen-bond acceptors (Lipinski definition) is 1. The van der Waals surface area contributed by atoms with Crippen molar-refractivity contribution in [3.63, 3.8) is 0 Å². The molecule has 2 aromatic heterocycles. The fourth-order valence-electron chi connectivity index (χ4n) is 3.20. The highest BCUT2D eigenvalue weighted by molar-refractivity contribution is 5.89. The van der Waals surface area contributed by atoms with E-state index in [1.165, 1.54) is 11.1 Å². The fourth-order valence-corrected chi connectivity index (χ4v) is 3.20. The summed E-state index contributed by atoms with van der Waals surface area (Å²) in [5, 5.41) is 1.07. The second-order valence-corrected chi connectivity index (χ2v) is 6.71. The van der Waals surface area contributed by atoms with Gasteiger partial charge in [0.2, 0.25) is 0 Å². The average Bonchev–Trinajstić information content (AvgIpc) is 3.08. The quantitative estimate of drug-likeness (QED) is 0.591. The lowest BCUT2D eigenvalue weighted by Crippen LogP contribution is -2.22. The Balaban J connectivity index is 1.60. The summed E-state index contributed by atoms with van der Waals surface area (Å²) in [6, 6.07) is 22.1. The first-order valence-electron chi connectivity index (χ1n) is 9.02. The van der Waals surface area contributed by atoms with Crippen molar-refractivity contribution in [3.05, 3.63) is 101 Å². The van der Waals surface area contributed by atoms with Gasteiger partial charge in [0.15, 0.2) is 0 Å². The number of carbonyl (C=O) groups excluding carboxylic acids is 1. The SMILES string of the molecule is Cc1ccc(Cn2ccccc2=NC(=O)Cc2c[nH]c3ccccc23)cc1. The number of nitrogens with zero attached hydrogens (tertiary/aromatic N) is 2. The molecule has 27 heavy (non-hydrogen) atoms. The van der Waals surface area contributed by atoms with E-state index in [0.717, 1.165) is 16.5 Å². The number of pyridine rings is 1. The van der Waals surface area contributed by atoms with Crippen molar-refractivity contribution < 1.29 is 4.79 Å². The maximum absolute atomic E-state index is 12.6. The van der Waals surface area contributed by atoms with Gasteiger partial charge in [-0.2, -0.15) is 4.99 Å². The Bertz CT molecular complexity index is 1150. The second-order valence-electron chi connectivity index (χ2n) is 6.71. The monoisotopic (exact) mass is 355 g/mol. The Morgan fingerprint density at radius 2 is 1.78 bits per heavy atom. The van der Waals surface area contributed by atoms with Crippen molar-refractivity contribution in [3.8, 4) is 0 Å². The van der Waals surface area contributed by atoms with Gasteiger partial charge < -0.3 is 9.55 Å². The maximum Gasteiger partial charge on any atom is 0.252 e. The Hall–Kier alpha value is -3.40. The van der Waals surface area contributed by atoms with Gasteiger partial charge in [-0.25, -0.2) is 0 Å². The standard InChI is InChI=1S/C23H21N3O/c1-17-9-11-18(12-10-17)16-26-13-5-4-8-22(26)25-23(27)14-19-15-24-21-7-3-2-6-20(19)21/h2-13,15,24H,14,16H2,1H3. The Kier molecular flexibility index (Phi) is 4.71. The zero-order chi connectivity index (χ0) is 18.6. The van der Waals surface area contributed by atoms with Crippen molar-refractivity contribution >= 4 is 16.8 Å². The number of benzene rings is 2. The van der Waals surface area contributed by atoms with E-state index in [1.54, 1.807) is 0 Å². The molecule has 0 aliphatic rings. The number of aromatic nitrogens is 2. The van der Waals surface area contributed by atoms with Gasteiger partial charge in [-0.15, -0.1) is 0 Å². The second kappa shape index (κ2) is 7.46. The van der Waals surface area contributed by atoms with Crippen LogP contribution in [0.3, 0.4) is 0 Å². The van der Waals surface area contributed by atoms with Crippen LogP contribution in [0.1, 0.15) is 16.7 Å². The van der Waals surface area contributed by atoms with E-state index in [4.69, 9.17) is 0 Å². The largest absolute Gasteiger partial charge is 0.361 e. The molecule has 0 saturated carbocycles. The topological polar surface area (TPSA) is 50.1 Å². The van der Waals surface area contributed by atoms with E-state index in [2.05, 4.69) is 41.2 Å². The van der Waals surface area contributed by atoms with Crippen LogP contribution in [0.15, 0.2) is 84.1 Å². The van der Waals surface area contributed by atoms with E-state index in [9.17, 15) is 4.79 Å². The number of amides is 1. The van der Waals surface area contributed by atoms with Crippen LogP contribution in [0.5, 0.6) is 0 Å². The molecule has 4 aromatic rings. The highest BCUT2D eigenvalue weighted by Gasteiger charge is 2.08. The van der Waals surface area contributed by atoms with Crippen molar-refractivity contribution in [1.82, 2.24) is 9.55 Å². The molecule has 0 saturated heterocycles. The molecule has 1 amide bonds. The fraction of sp³-hybridized carbons (Fsp3) is 0.130. The number of aryl methyl sites for hydroxylation is 1. The van der Waals surface area contributed by atoms with Gasteiger partial charge in [0.1, 0.15) is 5.49 Å². The lowest BCUT2D eigenvalue weighted by Gasteiger charge is -2.08. The molecule has 2 aromatic carbocycles. The highest BCUT2D eigenvalue weighted by Crippen LogP contribution is 2.18. The molecule has 4 heteroatoms. The minimum absolute atomic E-state index is 0.149. The maximum atomic E-state index is 12.6. The van der Waals surface area contributed by atoms with E-state index in [0.29, 0.717) is 12.0 Å². The molecule has 2 heterocycles. The first-order chi connectivity index (χ1) is 13.2. The normalized spacial score (nSPS) is 11.8. The predicted molar refractivity (Wildman–Crippen MR) is 107 cm³/mol. The predicted octanol–water partition coefficient (Wildman–Crippen LogP) is 4.00. The molecule has 0 unspecified atom stereocenters. The summed E-state index contributed by atoms with van der Waals surface area (Å²) in [5.41, 5.74) is 5.09. The molecule has 0 aliphatic carbocycles.